The maximum atomic E-state index is 6.06. The number of rotatable bonds is 1. The number of nitrogen functional groups attached to an aromatic ring is 1. The second kappa shape index (κ2) is 5.13. The molecule has 2 rings (SSSR count). The Hall–Kier alpha value is -1.07. The number of hydrogen-bond donors (Lipinski definition) is 1. The average Bonchev–Trinajstić information content (AvgIpc) is 2.33. The van der Waals surface area contributed by atoms with Gasteiger partial charge < -0.3 is 10.6 Å². The monoisotopic (exact) mass is 283 g/mol. The van der Waals surface area contributed by atoms with Crippen LogP contribution < -0.4 is 10.6 Å². The number of nitrogens with two attached hydrogens (primary N) is 1. The number of anilines is 2. The lowest BCUT2D eigenvalue weighted by Crippen LogP contribution is -2.53. The van der Waals surface area contributed by atoms with Crippen LogP contribution in [0.2, 0.25) is 5.28 Å². The van der Waals surface area contributed by atoms with Crippen molar-refractivity contribution in [1.82, 2.24) is 14.9 Å². The van der Waals surface area contributed by atoms with Crippen LogP contribution in [0.5, 0.6) is 0 Å². The summed E-state index contributed by atoms with van der Waals surface area (Å²) in [6.45, 7) is 12.4. The zero-order valence-corrected chi connectivity index (χ0v) is 12.8. The van der Waals surface area contributed by atoms with E-state index in [1.165, 1.54) is 0 Å². The predicted molar refractivity (Wildman–Crippen MR) is 79.7 cm³/mol. The van der Waals surface area contributed by atoms with E-state index in [0.717, 1.165) is 37.7 Å². The zero-order valence-electron chi connectivity index (χ0n) is 12.1. The van der Waals surface area contributed by atoms with Gasteiger partial charge in [0.25, 0.3) is 0 Å². The van der Waals surface area contributed by atoms with E-state index in [0.29, 0.717) is 5.69 Å². The molecule has 1 saturated heterocycles. The van der Waals surface area contributed by atoms with Crippen molar-refractivity contribution < 1.29 is 0 Å². The van der Waals surface area contributed by atoms with Gasteiger partial charge in [0.2, 0.25) is 5.28 Å². The lowest BCUT2D eigenvalue weighted by molar-refractivity contribution is 0.128. The fourth-order valence-electron chi connectivity index (χ4n) is 2.36. The lowest BCUT2D eigenvalue weighted by atomic mass is 10.0. The van der Waals surface area contributed by atoms with Crippen LogP contribution in [0.3, 0.4) is 0 Å². The molecule has 0 saturated carbocycles. The summed E-state index contributed by atoms with van der Waals surface area (Å²) in [5, 5.41) is 0.264. The first-order valence-corrected chi connectivity index (χ1v) is 6.96. The molecular formula is C13H22ClN5. The van der Waals surface area contributed by atoms with Crippen molar-refractivity contribution in [2.24, 2.45) is 0 Å². The van der Waals surface area contributed by atoms with E-state index in [-0.39, 0.29) is 10.8 Å². The van der Waals surface area contributed by atoms with Gasteiger partial charge in [0.15, 0.2) is 5.82 Å². The molecule has 0 radical (unpaired) electrons. The van der Waals surface area contributed by atoms with Gasteiger partial charge in [-0.2, -0.15) is 4.98 Å². The summed E-state index contributed by atoms with van der Waals surface area (Å²) in [6.07, 6.45) is 0. The molecule has 0 spiro atoms. The molecular weight excluding hydrogens is 262 g/mol. The minimum Gasteiger partial charge on any atom is -0.394 e. The van der Waals surface area contributed by atoms with Crippen molar-refractivity contribution in [2.75, 3.05) is 36.8 Å². The van der Waals surface area contributed by atoms with Gasteiger partial charge in [0.1, 0.15) is 0 Å². The third-order valence-electron chi connectivity index (χ3n) is 3.62. The molecule has 0 bridgehead atoms. The Morgan fingerprint density at radius 3 is 2.21 bits per heavy atom. The molecule has 1 aliphatic rings. The number of nitrogens with zero attached hydrogens (tertiary/aromatic N) is 4. The summed E-state index contributed by atoms with van der Waals surface area (Å²) in [4.78, 5) is 13.0. The number of aryl methyl sites for hydroxylation is 1. The van der Waals surface area contributed by atoms with Crippen LogP contribution in [-0.4, -0.2) is 46.6 Å². The van der Waals surface area contributed by atoms with Crippen LogP contribution in [0, 0.1) is 6.92 Å². The van der Waals surface area contributed by atoms with Crippen molar-refractivity contribution in [1.29, 1.82) is 0 Å². The first-order chi connectivity index (χ1) is 8.79. The third-order valence-corrected chi connectivity index (χ3v) is 3.79. The first-order valence-electron chi connectivity index (χ1n) is 6.58. The van der Waals surface area contributed by atoms with Gasteiger partial charge in [-0.15, -0.1) is 0 Å². The maximum Gasteiger partial charge on any atom is 0.224 e. The standard InChI is InChI=1S/C13H22ClN5/c1-9-10(15)11(17-12(14)16-9)18-5-7-19(8-6-18)13(2,3)4/h5-8,15H2,1-4H3. The highest BCUT2D eigenvalue weighted by Gasteiger charge is 2.27. The summed E-state index contributed by atoms with van der Waals surface area (Å²) in [7, 11) is 0. The summed E-state index contributed by atoms with van der Waals surface area (Å²) >= 11 is 5.93. The molecule has 1 fully saturated rings. The highest BCUT2D eigenvalue weighted by atomic mass is 35.5. The molecule has 2 N–H and O–H groups in total. The number of aromatic nitrogens is 2. The van der Waals surface area contributed by atoms with Crippen LogP contribution in [0.4, 0.5) is 11.5 Å². The molecule has 0 unspecified atom stereocenters. The second-order valence-corrected chi connectivity index (χ2v) is 6.30. The molecule has 0 amide bonds. The Morgan fingerprint density at radius 1 is 1.11 bits per heavy atom. The van der Waals surface area contributed by atoms with Crippen LogP contribution in [0.15, 0.2) is 0 Å². The summed E-state index contributed by atoms with van der Waals surface area (Å²) in [6, 6.07) is 0. The molecule has 1 aromatic heterocycles. The fourth-order valence-corrected chi connectivity index (χ4v) is 2.57. The summed E-state index contributed by atoms with van der Waals surface area (Å²) in [5.41, 5.74) is 7.65. The quantitative estimate of drug-likeness (QED) is 0.798. The summed E-state index contributed by atoms with van der Waals surface area (Å²) in [5.74, 6) is 0.769. The smallest absolute Gasteiger partial charge is 0.224 e. The van der Waals surface area contributed by atoms with Crippen molar-refractivity contribution in [3.05, 3.63) is 11.0 Å². The minimum absolute atomic E-state index is 0.205. The van der Waals surface area contributed by atoms with Gasteiger partial charge in [-0.25, -0.2) is 4.98 Å². The summed E-state index contributed by atoms with van der Waals surface area (Å²) < 4.78 is 0. The third kappa shape index (κ3) is 3.09. The van der Waals surface area contributed by atoms with Gasteiger partial charge >= 0.3 is 0 Å². The van der Waals surface area contributed by atoms with E-state index in [2.05, 4.69) is 40.5 Å². The predicted octanol–water partition coefficient (Wildman–Crippen LogP) is 1.94. The largest absolute Gasteiger partial charge is 0.394 e. The number of piperazine rings is 1. The molecule has 5 nitrogen and oxygen atoms in total. The fraction of sp³-hybridized carbons (Fsp3) is 0.692. The van der Waals surface area contributed by atoms with E-state index < -0.39 is 0 Å². The molecule has 0 atom stereocenters. The average molecular weight is 284 g/mol. The molecule has 1 aromatic rings. The second-order valence-electron chi connectivity index (χ2n) is 5.96. The maximum absolute atomic E-state index is 6.06. The Morgan fingerprint density at radius 2 is 1.68 bits per heavy atom. The lowest BCUT2D eigenvalue weighted by Gasteiger charge is -2.42. The molecule has 2 heterocycles. The van der Waals surface area contributed by atoms with Crippen molar-refractivity contribution >= 4 is 23.1 Å². The molecule has 106 valence electrons. The molecule has 19 heavy (non-hydrogen) atoms. The van der Waals surface area contributed by atoms with Gasteiger partial charge in [-0.05, 0) is 39.3 Å². The van der Waals surface area contributed by atoms with Crippen molar-refractivity contribution in [2.45, 2.75) is 33.2 Å². The molecule has 0 aromatic carbocycles. The number of halogens is 1. The van der Waals surface area contributed by atoms with Crippen molar-refractivity contribution in [3.63, 3.8) is 0 Å². The van der Waals surface area contributed by atoms with E-state index in [1.807, 2.05) is 6.92 Å². The highest BCUT2D eigenvalue weighted by molar-refractivity contribution is 6.28. The van der Waals surface area contributed by atoms with E-state index >= 15 is 0 Å². The van der Waals surface area contributed by atoms with Crippen molar-refractivity contribution in [3.8, 4) is 0 Å². The van der Waals surface area contributed by atoms with E-state index in [9.17, 15) is 0 Å². The first kappa shape index (κ1) is 14.3. The van der Waals surface area contributed by atoms with Gasteiger partial charge in [0.05, 0.1) is 11.4 Å². The Bertz CT molecular complexity index is 461. The normalized spacial score (nSPS) is 17.8. The van der Waals surface area contributed by atoms with Crippen LogP contribution in [-0.2, 0) is 0 Å². The molecule has 1 aliphatic heterocycles. The zero-order chi connectivity index (χ0) is 14.2. The Kier molecular flexibility index (Phi) is 3.87. The van der Waals surface area contributed by atoms with Crippen LogP contribution in [0.25, 0.3) is 0 Å². The van der Waals surface area contributed by atoms with Gasteiger partial charge in [-0.1, -0.05) is 0 Å². The molecule has 0 aliphatic carbocycles. The highest BCUT2D eigenvalue weighted by Crippen LogP contribution is 2.26. The Balaban J connectivity index is 2.14. The van der Waals surface area contributed by atoms with E-state index in [4.69, 9.17) is 17.3 Å². The van der Waals surface area contributed by atoms with Crippen LogP contribution in [0.1, 0.15) is 26.5 Å². The number of hydrogen-bond acceptors (Lipinski definition) is 5. The minimum atomic E-state index is 0.205. The van der Waals surface area contributed by atoms with Crippen LogP contribution >= 0.6 is 11.6 Å². The Labute approximate surface area is 119 Å². The van der Waals surface area contributed by atoms with E-state index in [1.54, 1.807) is 0 Å². The molecule has 6 heteroatoms. The van der Waals surface area contributed by atoms with Gasteiger partial charge in [0, 0.05) is 31.7 Å². The topological polar surface area (TPSA) is 58.3 Å². The van der Waals surface area contributed by atoms with Gasteiger partial charge in [-0.3, -0.25) is 4.90 Å². The SMILES string of the molecule is Cc1nc(Cl)nc(N2CCN(C(C)(C)C)CC2)c1N.